The molecule has 0 aliphatic rings. The fourth-order valence-electron chi connectivity index (χ4n) is 2.12. The molecule has 0 aliphatic heterocycles. The Morgan fingerprint density at radius 2 is 1.87 bits per heavy atom. The molecule has 23 heavy (non-hydrogen) atoms. The SMILES string of the molecule is O=c1[nH]sc(=Nc2ccc(Cl)c(Cl)c2)n1CCc1ccccc1. The average molecular weight is 366 g/mol. The van der Waals surface area contributed by atoms with Gasteiger partial charge in [-0.25, -0.2) is 9.79 Å². The molecule has 0 fully saturated rings. The highest BCUT2D eigenvalue weighted by molar-refractivity contribution is 7.02. The summed E-state index contributed by atoms with van der Waals surface area (Å²) in [7, 11) is 0. The van der Waals surface area contributed by atoms with Crippen LogP contribution in [0.1, 0.15) is 5.56 Å². The molecular weight excluding hydrogens is 353 g/mol. The summed E-state index contributed by atoms with van der Waals surface area (Å²) in [6, 6.07) is 15.1. The van der Waals surface area contributed by atoms with E-state index in [9.17, 15) is 4.79 Å². The fraction of sp³-hybridized carbons (Fsp3) is 0.125. The minimum atomic E-state index is -0.162. The third kappa shape index (κ3) is 3.93. The van der Waals surface area contributed by atoms with E-state index in [1.807, 2.05) is 30.3 Å². The Bertz CT molecular complexity index is 928. The summed E-state index contributed by atoms with van der Waals surface area (Å²) in [5.74, 6) is 0. The smallest absolute Gasteiger partial charge is 0.267 e. The number of nitrogens with one attached hydrogen (secondary N) is 1. The summed E-state index contributed by atoms with van der Waals surface area (Å²) in [6.07, 6.45) is 0.759. The van der Waals surface area contributed by atoms with Gasteiger partial charge in [0.2, 0.25) is 4.80 Å². The van der Waals surface area contributed by atoms with Gasteiger partial charge in [-0.15, -0.1) is 0 Å². The van der Waals surface area contributed by atoms with Crippen molar-refractivity contribution in [1.82, 2.24) is 8.94 Å². The van der Waals surface area contributed by atoms with Gasteiger partial charge in [-0.1, -0.05) is 53.5 Å². The Balaban J connectivity index is 1.90. The minimum absolute atomic E-state index is 0.162. The van der Waals surface area contributed by atoms with Crippen molar-refractivity contribution >= 4 is 40.4 Å². The predicted molar refractivity (Wildman–Crippen MR) is 94.8 cm³/mol. The number of halogens is 2. The van der Waals surface area contributed by atoms with Gasteiger partial charge in [0.1, 0.15) is 0 Å². The van der Waals surface area contributed by atoms with Crippen LogP contribution in [-0.2, 0) is 13.0 Å². The van der Waals surface area contributed by atoms with E-state index in [4.69, 9.17) is 23.2 Å². The van der Waals surface area contributed by atoms with E-state index in [0.717, 1.165) is 6.42 Å². The molecule has 0 atom stereocenters. The van der Waals surface area contributed by atoms with Crippen LogP contribution >= 0.6 is 34.7 Å². The summed E-state index contributed by atoms with van der Waals surface area (Å²) in [6.45, 7) is 0.559. The lowest BCUT2D eigenvalue weighted by molar-refractivity contribution is 0.647. The molecule has 0 saturated heterocycles. The zero-order valence-corrected chi connectivity index (χ0v) is 14.3. The van der Waals surface area contributed by atoms with E-state index in [-0.39, 0.29) is 5.69 Å². The van der Waals surface area contributed by atoms with Crippen LogP contribution in [-0.4, -0.2) is 8.94 Å². The molecule has 0 radical (unpaired) electrons. The lowest BCUT2D eigenvalue weighted by atomic mass is 10.1. The second-order valence-electron chi connectivity index (χ2n) is 4.89. The van der Waals surface area contributed by atoms with Crippen molar-refractivity contribution in [3.05, 3.63) is 79.4 Å². The number of benzene rings is 2. The van der Waals surface area contributed by atoms with E-state index in [1.54, 1.807) is 22.8 Å². The zero-order chi connectivity index (χ0) is 16.2. The third-order valence-electron chi connectivity index (χ3n) is 3.30. The maximum absolute atomic E-state index is 12.0. The Morgan fingerprint density at radius 3 is 2.61 bits per heavy atom. The number of hydrogen-bond acceptors (Lipinski definition) is 3. The molecule has 2 aromatic carbocycles. The first-order valence-electron chi connectivity index (χ1n) is 6.95. The van der Waals surface area contributed by atoms with Crippen LogP contribution in [0.4, 0.5) is 5.69 Å². The highest BCUT2D eigenvalue weighted by atomic mass is 35.5. The second-order valence-corrected chi connectivity index (χ2v) is 6.48. The van der Waals surface area contributed by atoms with Crippen LogP contribution in [0, 0.1) is 0 Å². The lowest BCUT2D eigenvalue weighted by Crippen LogP contribution is -2.27. The van der Waals surface area contributed by atoms with Crippen LogP contribution in [0.5, 0.6) is 0 Å². The summed E-state index contributed by atoms with van der Waals surface area (Å²) in [4.78, 5) is 17.1. The number of H-pyrrole nitrogens is 1. The van der Waals surface area contributed by atoms with Crippen molar-refractivity contribution in [2.45, 2.75) is 13.0 Å². The predicted octanol–water partition coefficient (Wildman–Crippen LogP) is 4.02. The summed E-state index contributed by atoms with van der Waals surface area (Å²) in [5, 5.41) is 0.913. The van der Waals surface area contributed by atoms with E-state index in [1.165, 1.54) is 17.1 Å². The molecule has 0 aliphatic carbocycles. The first-order chi connectivity index (χ1) is 11.1. The quantitative estimate of drug-likeness (QED) is 0.745. The largest absolute Gasteiger partial charge is 0.337 e. The molecule has 1 N–H and O–H groups in total. The van der Waals surface area contributed by atoms with E-state index in [0.29, 0.717) is 27.1 Å². The number of aromatic nitrogens is 2. The van der Waals surface area contributed by atoms with Gasteiger partial charge in [-0.05, 0) is 41.7 Å². The highest BCUT2D eigenvalue weighted by Gasteiger charge is 2.04. The molecule has 0 bridgehead atoms. The summed E-state index contributed by atoms with van der Waals surface area (Å²) in [5.41, 5.74) is 1.67. The molecule has 7 heteroatoms. The molecule has 118 valence electrons. The number of aryl methyl sites for hydroxylation is 1. The molecular formula is C16H13Cl2N3OS. The molecule has 4 nitrogen and oxygen atoms in total. The average Bonchev–Trinajstić information content (AvgIpc) is 2.90. The molecule has 3 rings (SSSR count). The number of rotatable bonds is 4. The van der Waals surface area contributed by atoms with Crippen molar-refractivity contribution < 1.29 is 0 Å². The monoisotopic (exact) mass is 365 g/mol. The molecule has 1 heterocycles. The molecule has 0 amide bonds. The molecule has 0 spiro atoms. The normalized spacial score (nSPS) is 11.8. The van der Waals surface area contributed by atoms with Gasteiger partial charge in [0.05, 0.1) is 15.7 Å². The van der Waals surface area contributed by atoms with Gasteiger partial charge in [0.25, 0.3) is 0 Å². The van der Waals surface area contributed by atoms with Crippen LogP contribution in [0.25, 0.3) is 0 Å². The minimum Gasteiger partial charge on any atom is -0.267 e. The second kappa shape index (κ2) is 7.17. The van der Waals surface area contributed by atoms with Gasteiger partial charge in [-0.3, -0.25) is 8.94 Å². The van der Waals surface area contributed by atoms with Gasteiger partial charge in [0, 0.05) is 6.54 Å². The summed E-state index contributed by atoms with van der Waals surface area (Å²) < 4.78 is 4.34. The zero-order valence-electron chi connectivity index (χ0n) is 12.0. The first kappa shape index (κ1) is 16.1. The molecule has 0 unspecified atom stereocenters. The van der Waals surface area contributed by atoms with Gasteiger partial charge >= 0.3 is 5.69 Å². The van der Waals surface area contributed by atoms with Crippen LogP contribution in [0.2, 0.25) is 10.0 Å². The number of hydrogen-bond donors (Lipinski definition) is 1. The first-order valence-corrected chi connectivity index (χ1v) is 8.53. The molecule has 0 saturated carbocycles. The topological polar surface area (TPSA) is 50.1 Å². The Hall–Kier alpha value is -1.82. The summed E-state index contributed by atoms with van der Waals surface area (Å²) >= 11 is 13.1. The van der Waals surface area contributed by atoms with Crippen LogP contribution in [0.15, 0.2) is 58.3 Å². The van der Waals surface area contributed by atoms with Crippen molar-refractivity contribution in [1.29, 1.82) is 0 Å². The van der Waals surface area contributed by atoms with Crippen molar-refractivity contribution in [2.24, 2.45) is 4.99 Å². The standard InChI is InChI=1S/C16H13Cl2N3OS/c17-13-7-6-12(10-14(13)18)19-16-21(15(22)20-23-16)9-8-11-4-2-1-3-5-11/h1-7,10H,8-9H2,(H,20,22). The van der Waals surface area contributed by atoms with Gasteiger partial charge in [-0.2, -0.15) is 0 Å². The fourth-order valence-corrected chi connectivity index (χ4v) is 3.13. The Labute approximate surface area is 146 Å². The van der Waals surface area contributed by atoms with E-state index >= 15 is 0 Å². The van der Waals surface area contributed by atoms with Crippen LogP contribution < -0.4 is 10.5 Å². The molecule has 1 aromatic heterocycles. The lowest BCUT2D eigenvalue weighted by Gasteiger charge is -2.02. The maximum atomic E-state index is 12.0. The van der Waals surface area contributed by atoms with Gasteiger partial charge in [0.15, 0.2) is 0 Å². The van der Waals surface area contributed by atoms with E-state index in [2.05, 4.69) is 9.37 Å². The number of nitrogens with zero attached hydrogens (tertiary/aromatic N) is 2. The Morgan fingerprint density at radius 1 is 1.09 bits per heavy atom. The van der Waals surface area contributed by atoms with E-state index < -0.39 is 0 Å². The maximum Gasteiger partial charge on any atom is 0.337 e. The Kier molecular flexibility index (Phi) is 5.00. The molecule has 3 aromatic rings. The third-order valence-corrected chi connectivity index (χ3v) is 4.81. The van der Waals surface area contributed by atoms with Crippen molar-refractivity contribution in [3.63, 3.8) is 0 Å². The van der Waals surface area contributed by atoms with Crippen molar-refractivity contribution in [3.8, 4) is 0 Å². The van der Waals surface area contributed by atoms with Crippen molar-refractivity contribution in [2.75, 3.05) is 0 Å². The van der Waals surface area contributed by atoms with Gasteiger partial charge < -0.3 is 0 Å². The number of aromatic amines is 1. The highest BCUT2D eigenvalue weighted by Crippen LogP contribution is 2.26. The van der Waals surface area contributed by atoms with Crippen LogP contribution in [0.3, 0.4) is 0 Å².